The van der Waals surface area contributed by atoms with Crippen LogP contribution < -0.4 is 10.5 Å². The number of rotatable bonds is 4. The Kier molecular flexibility index (Phi) is 5.13. The largest absolute Gasteiger partial charge is 0.335 e. The number of carbonyl (C=O) groups excluding carboxylic acids is 1. The summed E-state index contributed by atoms with van der Waals surface area (Å²) in [6.45, 7) is 1.25. The van der Waals surface area contributed by atoms with E-state index in [-0.39, 0.29) is 23.6 Å². The van der Waals surface area contributed by atoms with Crippen LogP contribution in [-0.2, 0) is 7.05 Å². The van der Waals surface area contributed by atoms with E-state index in [2.05, 4.69) is 27.0 Å². The van der Waals surface area contributed by atoms with Gasteiger partial charge in [0.25, 0.3) is 11.5 Å². The van der Waals surface area contributed by atoms with Crippen LogP contribution in [0.3, 0.4) is 0 Å². The number of aromatic nitrogens is 4. The lowest BCUT2D eigenvalue weighted by atomic mass is 10.0. The van der Waals surface area contributed by atoms with Crippen molar-refractivity contribution in [3.63, 3.8) is 0 Å². The van der Waals surface area contributed by atoms with Crippen LogP contribution in [0.2, 0.25) is 0 Å². The van der Waals surface area contributed by atoms with Crippen molar-refractivity contribution in [3.05, 3.63) is 95.2 Å². The fraction of sp³-hybridized carbons (Fsp3) is 0.222. The van der Waals surface area contributed by atoms with Crippen molar-refractivity contribution < 1.29 is 4.79 Å². The monoisotopic (exact) mass is 464 g/mol. The Morgan fingerprint density at radius 2 is 1.69 bits per heavy atom. The first-order chi connectivity index (χ1) is 17.1. The molecule has 35 heavy (non-hydrogen) atoms. The molecule has 2 aromatic carbocycles. The third-order valence-electron chi connectivity index (χ3n) is 6.95. The second-order valence-corrected chi connectivity index (χ2v) is 9.03. The highest BCUT2D eigenvalue weighted by atomic mass is 16.2. The summed E-state index contributed by atoms with van der Waals surface area (Å²) >= 11 is 0. The maximum Gasteiger partial charge on any atom is 0.255 e. The normalized spacial score (nSPS) is 18.8. The molecule has 2 saturated heterocycles. The SMILES string of the molecule is Cn1c(N2CC3C[C@H]2CN3C(=O)c2ccc(-c3ccccc3)cc2)nc(-c2ccncn2)cc1=O. The van der Waals surface area contributed by atoms with Gasteiger partial charge < -0.3 is 9.80 Å². The van der Waals surface area contributed by atoms with E-state index < -0.39 is 0 Å². The zero-order chi connectivity index (χ0) is 23.9. The van der Waals surface area contributed by atoms with Crippen LogP contribution in [0.1, 0.15) is 16.8 Å². The molecule has 0 saturated carbocycles. The van der Waals surface area contributed by atoms with Gasteiger partial charge in [-0.3, -0.25) is 14.2 Å². The fourth-order valence-electron chi connectivity index (χ4n) is 5.12. The van der Waals surface area contributed by atoms with E-state index in [0.717, 1.165) is 17.5 Å². The Labute approximate surface area is 202 Å². The highest BCUT2D eigenvalue weighted by Gasteiger charge is 2.46. The smallest absolute Gasteiger partial charge is 0.255 e. The van der Waals surface area contributed by atoms with Crippen LogP contribution in [0.15, 0.2) is 84.0 Å². The summed E-state index contributed by atoms with van der Waals surface area (Å²) in [5.41, 5.74) is 3.91. The molecule has 174 valence electrons. The summed E-state index contributed by atoms with van der Waals surface area (Å²) < 4.78 is 1.57. The summed E-state index contributed by atoms with van der Waals surface area (Å²) in [5.74, 6) is 0.659. The molecule has 2 fully saturated rings. The number of hydrogen-bond donors (Lipinski definition) is 0. The topological polar surface area (TPSA) is 84.2 Å². The van der Waals surface area contributed by atoms with Crippen LogP contribution in [0.5, 0.6) is 0 Å². The van der Waals surface area contributed by atoms with Crippen molar-refractivity contribution in [2.75, 3.05) is 18.0 Å². The van der Waals surface area contributed by atoms with E-state index in [0.29, 0.717) is 36.0 Å². The minimum Gasteiger partial charge on any atom is -0.335 e. The zero-order valence-corrected chi connectivity index (χ0v) is 19.3. The predicted molar refractivity (Wildman–Crippen MR) is 133 cm³/mol. The number of benzene rings is 2. The average molecular weight is 465 g/mol. The van der Waals surface area contributed by atoms with E-state index in [4.69, 9.17) is 4.98 Å². The average Bonchev–Trinajstić information content (AvgIpc) is 3.52. The number of hydrogen-bond acceptors (Lipinski definition) is 6. The maximum absolute atomic E-state index is 13.3. The third kappa shape index (κ3) is 3.77. The van der Waals surface area contributed by atoms with E-state index in [1.807, 2.05) is 47.4 Å². The van der Waals surface area contributed by atoms with Crippen LogP contribution in [0, 0.1) is 0 Å². The van der Waals surface area contributed by atoms with Gasteiger partial charge in [-0.05, 0) is 35.7 Å². The van der Waals surface area contributed by atoms with Crippen LogP contribution in [0.25, 0.3) is 22.5 Å². The maximum atomic E-state index is 13.3. The number of fused-ring (bicyclic) bond motifs is 2. The zero-order valence-electron chi connectivity index (χ0n) is 19.3. The van der Waals surface area contributed by atoms with Crippen molar-refractivity contribution >= 4 is 11.9 Å². The lowest BCUT2D eigenvalue weighted by molar-refractivity contribution is 0.0725. The molecule has 0 aliphatic carbocycles. The highest BCUT2D eigenvalue weighted by Crippen LogP contribution is 2.35. The van der Waals surface area contributed by atoms with Gasteiger partial charge in [0.2, 0.25) is 5.95 Å². The lowest BCUT2D eigenvalue weighted by Crippen LogP contribution is -2.50. The molecule has 8 nitrogen and oxygen atoms in total. The molecule has 0 spiro atoms. The van der Waals surface area contributed by atoms with E-state index >= 15 is 0 Å². The number of carbonyl (C=O) groups is 1. The molecule has 2 aromatic heterocycles. The molecular weight excluding hydrogens is 440 g/mol. The molecule has 1 amide bonds. The minimum absolute atomic E-state index is 0.0494. The first-order valence-electron chi connectivity index (χ1n) is 11.7. The second kappa shape index (κ2) is 8.47. The van der Waals surface area contributed by atoms with Gasteiger partial charge in [-0.1, -0.05) is 42.5 Å². The number of piperazine rings is 1. The summed E-state index contributed by atoms with van der Waals surface area (Å²) in [6.07, 6.45) is 3.94. The van der Waals surface area contributed by atoms with Gasteiger partial charge in [-0.25, -0.2) is 15.0 Å². The van der Waals surface area contributed by atoms with Gasteiger partial charge in [0.05, 0.1) is 23.5 Å². The van der Waals surface area contributed by atoms with Crippen LogP contribution >= 0.6 is 0 Å². The minimum atomic E-state index is -0.141. The van der Waals surface area contributed by atoms with Gasteiger partial charge in [-0.2, -0.15) is 0 Å². The molecular formula is C27H24N6O2. The second-order valence-electron chi connectivity index (χ2n) is 9.03. The Morgan fingerprint density at radius 1 is 0.914 bits per heavy atom. The fourth-order valence-corrected chi connectivity index (χ4v) is 5.12. The molecule has 8 heteroatoms. The molecule has 1 unspecified atom stereocenters. The molecule has 4 aromatic rings. The van der Waals surface area contributed by atoms with E-state index in [1.54, 1.807) is 23.9 Å². The molecule has 2 aliphatic rings. The Balaban J connectivity index is 1.21. The number of anilines is 1. The van der Waals surface area contributed by atoms with Crippen molar-refractivity contribution in [1.82, 2.24) is 24.4 Å². The van der Waals surface area contributed by atoms with Gasteiger partial charge in [0.1, 0.15) is 6.33 Å². The summed E-state index contributed by atoms with van der Waals surface area (Å²) in [7, 11) is 1.73. The van der Waals surface area contributed by atoms with Gasteiger partial charge in [0.15, 0.2) is 0 Å². The van der Waals surface area contributed by atoms with Gasteiger partial charge in [-0.15, -0.1) is 0 Å². The molecule has 4 heterocycles. The van der Waals surface area contributed by atoms with Crippen molar-refractivity contribution in [1.29, 1.82) is 0 Å². The molecule has 2 atom stereocenters. The van der Waals surface area contributed by atoms with Crippen molar-refractivity contribution in [2.24, 2.45) is 7.05 Å². The van der Waals surface area contributed by atoms with Gasteiger partial charge >= 0.3 is 0 Å². The van der Waals surface area contributed by atoms with Crippen molar-refractivity contribution in [3.8, 4) is 22.5 Å². The standard InChI is InChI=1S/C27H24N6O2/c1-31-25(34)14-24(23-11-12-28-17-29-23)30-27(31)33-16-21-13-22(33)15-32(21)26(35)20-9-7-19(8-10-20)18-5-3-2-4-6-18/h2-12,14,17,21-22H,13,15-16H2,1H3/t21?,22-/m0/s1. The molecule has 0 radical (unpaired) electrons. The first kappa shape index (κ1) is 21.2. The molecule has 6 rings (SSSR count). The summed E-state index contributed by atoms with van der Waals surface area (Å²) in [6, 6.07) is 21.4. The van der Waals surface area contributed by atoms with Crippen LogP contribution in [0.4, 0.5) is 5.95 Å². The summed E-state index contributed by atoms with van der Waals surface area (Å²) in [4.78, 5) is 43.0. The molecule has 0 N–H and O–H groups in total. The third-order valence-corrected chi connectivity index (χ3v) is 6.95. The number of likely N-dealkylation sites (tertiary alicyclic amines) is 1. The molecule has 2 bridgehead atoms. The van der Waals surface area contributed by atoms with Crippen LogP contribution in [-0.4, -0.2) is 55.5 Å². The lowest BCUT2D eigenvalue weighted by Gasteiger charge is -2.35. The number of amides is 1. The summed E-state index contributed by atoms with van der Waals surface area (Å²) in [5, 5.41) is 0. The Bertz CT molecular complexity index is 1440. The number of nitrogens with zero attached hydrogens (tertiary/aromatic N) is 6. The Hall–Kier alpha value is -4.33. The van der Waals surface area contributed by atoms with Crippen molar-refractivity contribution in [2.45, 2.75) is 18.5 Å². The van der Waals surface area contributed by atoms with Gasteiger partial charge in [0, 0.05) is 38.0 Å². The predicted octanol–water partition coefficient (Wildman–Crippen LogP) is 3.01. The Morgan fingerprint density at radius 3 is 2.37 bits per heavy atom. The first-order valence-corrected chi connectivity index (χ1v) is 11.7. The van der Waals surface area contributed by atoms with E-state index in [9.17, 15) is 9.59 Å². The highest BCUT2D eigenvalue weighted by molar-refractivity contribution is 5.95. The van der Waals surface area contributed by atoms with E-state index in [1.165, 1.54) is 12.4 Å². The molecule has 2 aliphatic heterocycles. The quantitative estimate of drug-likeness (QED) is 0.462.